The minimum Gasteiger partial charge on any atom is -0.468 e. The maximum atomic E-state index is 14.0. The van der Waals surface area contributed by atoms with E-state index in [1.54, 1.807) is 31.2 Å². The number of likely N-dealkylation sites (tertiary alicyclic amines) is 1. The van der Waals surface area contributed by atoms with Crippen LogP contribution in [0.1, 0.15) is 56.1 Å². The highest BCUT2D eigenvalue weighted by molar-refractivity contribution is 6.04. The molecule has 2 amide bonds. The van der Waals surface area contributed by atoms with Gasteiger partial charge in [0.1, 0.15) is 11.7 Å². The number of hydrogen-bond donors (Lipinski definition) is 5. The van der Waals surface area contributed by atoms with E-state index in [0.29, 0.717) is 31.0 Å². The molecule has 0 bridgehead atoms. The van der Waals surface area contributed by atoms with Crippen molar-refractivity contribution in [3.8, 4) is 0 Å². The Morgan fingerprint density at radius 2 is 1.80 bits per heavy atom. The Morgan fingerprint density at radius 1 is 1.11 bits per heavy atom. The number of fused-ring (bicyclic) bond motifs is 1. The number of carbonyl (C=O) groups excluding carboxylic acids is 4. The fourth-order valence-electron chi connectivity index (χ4n) is 5.60. The van der Waals surface area contributed by atoms with Crippen LogP contribution in [0.3, 0.4) is 0 Å². The molecule has 0 aliphatic carbocycles. The van der Waals surface area contributed by atoms with Crippen molar-refractivity contribution in [2.24, 2.45) is 0 Å². The Bertz CT molecular complexity index is 1580. The van der Waals surface area contributed by atoms with Crippen molar-refractivity contribution in [3.63, 3.8) is 0 Å². The molecule has 1 aromatic heterocycles. The Labute approximate surface area is 261 Å². The van der Waals surface area contributed by atoms with E-state index in [4.69, 9.17) is 19.9 Å². The van der Waals surface area contributed by atoms with Crippen LogP contribution >= 0.6 is 0 Å². The van der Waals surface area contributed by atoms with Gasteiger partial charge in [-0.2, -0.15) is 0 Å². The first-order chi connectivity index (χ1) is 21.5. The predicted molar refractivity (Wildman–Crippen MR) is 169 cm³/mol. The number of nitrogens with zero attached hydrogens (tertiary/aromatic N) is 2. The second kappa shape index (κ2) is 14.3. The lowest BCUT2D eigenvalue weighted by Crippen LogP contribution is -2.54. The first kappa shape index (κ1) is 33.1. The molecule has 4 rings (SSSR count). The van der Waals surface area contributed by atoms with Gasteiger partial charge in [0.25, 0.3) is 0 Å². The number of anilines is 1. The van der Waals surface area contributed by atoms with Crippen molar-refractivity contribution < 1.29 is 28.7 Å². The molecule has 2 aromatic carbocycles. The molecule has 1 aliphatic rings. The zero-order valence-corrected chi connectivity index (χ0v) is 26.3. The van der Waals surface area contributed by atoms with Crippen LogP contribution < -0.4 is 16.0 Å². The highest BCUT2D eigenvalue weighted by Crippen LogP contribution is 2.33. The maximum Gasteiger partial charge on any atom is 0.412 e. The third kappa shape index (κ3) is 7.48. The monoisotopic (exact) mass is 619 g/mol. The van der Waals surface area contributed by atoms with Gasteiger partial charge in [-0.3, -0.25) is 25.6 Å². The summed E-state index contributed by atoms with van der Waals surface area (Å²) in [6.45, 7) is 8.73. The number of alkyl carbamates (subject to hydrolysis) is 1. The minimum atomic E-state index is -1.18. The summed E-state index contributed by atoms with van der Waals surface area (Å²) in [5.74, 6) is -0.546. The average molecular weight is 620 g/mol. The van der Waals surface area contributed by atoms with Crippen LogP contribution in [0.15, 0.2) is 36.4 Å². The molecule has 240 valence electrons. The Kier molecular flexibility index (Phi) is 10.6. The summed E-state index contributed by atoms with van der Waals surface area (Å²) >= 11 is 0. The maximum absolute atomic E-state index is 14.0. The van der Waals surface area contributed by atoms with E-state index >= 15 is 0 Å². The van der Waals surface area contributed by atoms with Crippen LogP contribution in [-0.4, -0.2) is 83.8 Å². The van der Waals surface area contributed by atoms with Crippen LogP contribution in [0.5, 0.6) is 0 Å². The second-order valence-corrected chi connectivity index (χ2v) is 11.2. The third-order valence-corrected chi connectivity index (χ3v) is 8.06. The van der Waals surface area contributed by atoms with E-state index < -0.39 is 29.3 Å². The normalized spacial score (nSPS) is 14.8. The summed E-state index contributed by atoms with van der Waals surface area (Å²) in [4.78, 5) is 60.1. The van der Waals surface area contributed by atoms with E-state index in [1.165, 1.54) is 14.0 Å². The van der Waals surface area contributed by atoms with Gasteiger partial charge in [-0.25, -0.2) is 14.6 Å². The zero-order chi connectivity index (χ0) is 32.7. The number of ketones is 1. The van der Waals surface area contributed by atoms with Gasteiger partial charge in [0, 0.05) is 30.9 Å². The van der Waals surface area contributed by atoms with Crippen LogP contribution in [0.2, 0.25) is 0 Å². The molecule has 1 aliphatic heterocycles. The summed E-state index contributed by atoms with van der Waals surface area (Å²) in [6.07, 6.45) is 1.18. The quantitative estimate of drug-likeness (QED) is 0.0881. The number of esters is 1. The number of aromatic nitrogens is 2. The van der Waals surface area contributed by atoms with E-state index in [-0.39, 0.29) is 24.9 Å². The number of ether oxygens (including phenoxy) is 2. The van der Waals surface area contributed by atoms with Crippen molar-refractivity contribution in [1.29, 1.82) is 5.41 Å². The lowest BCUT2D eigenvalue weighted by Gasteiger charge is -2.35. The van der Waals surface area contributed by atoms with E-state index in [1.807, 2.05) is 30.9 Å². The van der Waals surface area contributed by atoms with Crippen molar-refractivity contribution in [3.05, 3.63) is 58.9 Å². The molecule has 13 heteroatoms. The van der Waals surface area contributed by atoms with Gasteiger partial charge in [0.05, 0.1) is 36.7 Å². The van der Waals surface area contributed by atoms with Gasteiger partial charge in [-0.15, -0.1) is 0 Å². The van der Waals surface area contributed by atoms with Crippen LogP contribution in [0.25, 0.3) is 11.0 Å². The summed E-state index contributed by atoms with van der Waals surface area (Å²) in [5.41, 5.74) is 3.34. The molecule has 2 heterocycles. The molecular formula is C32H41N7O6. The lowest BCUT2D eigenvalue weighted by molar-refractivity contribution is -0.147. The number of carbonyl (C=O) groups is 4. The van der Waals surface area contributed by atoms with Crippen LogP contribution in [0.4, 0.5) is 10.5 Å². The van der Waals surface area contributed by atoms with Gasteiger partial charge in [0.15, 0.2) is 11.8 Å². The third-order valence-electron chi connectivity index (χ3n) is 8.06. The molecule has 45 heavy (non-hydrogen) atoms. The summed E-state index contributed by atoms with van der Waals surface area (Å²) < 4.78 is 9.63. The molecule has 2 unspecified atom stereocenters. The average Bonchev–Trinajstić information content (AvgIpc) is 3.71. The number of hydrogen-bond acceptors (Lipinski definition) is 10. The number of imidazole rings is 1. The first-order valence-corrected chi connectivity index (χ1v) is 14.9. The molecule has 5 N–H and O–H groups in total. The number of amides is 2. The number of aryl methyl sites for hydroxylation is 1. The number of methoxy groups -OCH3 is 1. The van der Waals surface area contributed by atoms with Gasteiger partial charge in [0.2, 0.25) is 5.91 Å². The molecule has 0 spiro atoms. The highest BCUT2D eigenvalue weighted by Gasteiger charge is 2.42. The smallest absolute Gasteiger partial charge is 0.412 e. The molecule has 1 saturated heterocycles. The molecular weight excluding hydrogens is 578 g/mol. The lowest BCUT2D eigenvalue weighted by atomic mass is 9.78. The topological polar surface area (TPSA) is 179 Å². The van der Waals surface area contributed by atoms with E-state index in [2.05, 4.69) is 20.9 Å². The van der Waals surface area contributed by atoms with E-state index in [9.17, 15) is 19.2 Å². The molecule has 0 saturated carbocycles. The number of Topliss-reactive ketones (excluding diaryl/α,β-unsaturated/α-hetero) is 1. The second-order valence-electron chi connectivity index (χ2n) is 11.2. The summed E-state index contributed by atoms with van der Waals surface area (Å²) in [7, 11) is 1.23. The largest absolute Gasteiger partial charge is 0.468 e. The van der Waals surface area contributed by atoms with Crippen molar-refractivity contribution in [2.75, 3.05) is 38.7 Å². The van der Waals surface area contributed by atoms with Gasteiger partial charge < -0.3 is 24.7 Å². The number of H-pyrrole nitrogens is 1. The van der Waals surface area contributed by atoms with Gasteiger partial charge in [-0.1, -0.05) is 6.07 Å². The standard InChI is InChI=1S/C32H41N7O6/c1-6-45-31(43)38-28(33)21-9-11-22(12-10-21)34-17-25-36-24-14-13-23(19(2)26(24)37-25)32(4,30(42)39-15-7-8-16-39)18-35-27(20(3)40)29(41)44-5/h9-14,27,34-35H,6-8,15-18H2,1-5H3,(H,36,37)(H2,33,38,43). The fraction of sp³-hybridized carbons (Fsp3) is 0.438. The molecule has 3 aromatic rings. The molecule has 13 nitrogen and oxygen atoms in total. The summed E-state index contributed by atoms with van der Waals surface area (Å²) in [5, 5.41) is 16.7. The highest BCUT2D eigenvalue weighted by atomic mass is 16.5. The minimum absolute atomic E-state index is 0.0512. The predicted octanol–water partition coefficient (Wildman–Crippen LogP) is 3.16. The number of benzene rings is 2. The zero-order valence-electron chi connectivity index (χ0n) is 26.3. The van der Waals surface area contributed by atoms with Crippen molar-refractivity contribution >= 4 is 46.3 Å². The van der Waals surface area contributed by atoms with Crippen molar-refractivity contribution in [2.45, 2.75) is 58.5 Å². The van der Waals surface area contributed by atoms with Gasteiger partial charge >= 0.3 is 12.1 Å². The Morgan fingerprint density at radius 3 is 2.42 bits per heavy atom. The molecule has 0 radical (unpaired) electrons. The van der Waals surface area contributed by atoms with Crippen LogP contribution in [0, 0.1) is 12.3 Å². The van der Waals surface area contributed by atoms with Crippen molar-refractivity contribution in [1.82, 2.24) is 25.5 Å². The van der Waals surface area contributed by atoms with Gasteiger partial charge in [-0.05, 0) is 82.0 Å². The Hall–Kier alpha value is -4.78. The Balaban J connectivity index is 1.55. The summed E-state index contributed by atoms with van der Waals surface area (Å²) in [6, 6.07) is 9.65. The van der Waals surface area contributed by atoms with Crippen LogP contribution in [-0.2, 0) is 35.8 Å². The first-order valence-electron chi connectivity index (χ1n) is 14.9. The fourth-order valence-corrected chi connectivity index (χ4v) is 5.60. The molecule has 2 atom stereocenters. The molecule has 1 fully saturated rings. The number of aromatic amines is 1. The number of amidine groups is 1. The SMILES string of the molecule is CCOC(=O)NC(=N)c1ccc(NCc2nc3c(C)c(C(C)(CNC(C(C)=O)C(=O)OC)C(=O)N4CCCC4)ccc3[nH]2)cc1. The van der Waals surface area contributed by atoms with E-state index in [0.717, 1.165) is 40.7 Å². The number of rotatable bonds is 12. The number of nitrogens with one attached hydrogen (secondary N) is 5.